The quantitative estimate of drug-likeness (QED) is 0.891. The summed E-state index contributed by atoms with van der Waals surface area (Å²) in [6.45, 7) is 4.09. The van der Waals surface area contributed by atoms with Crippen molar-refractivity contribution >= 4 is 0 Å². The van der Waals surface area contributed by atoms with E-state index in [2.05, 4.69) is 14.7 Å². The van der Waals surface area contributed by atoms with Crippen molar-refractivity contribution in [3.8, 4) is 17.1 Å². The molecule has 1 heterocycles. The maximum absolute atomic E-state index is 12.8. The smallest absolute Gasteiger partial charge is 0.415 e. The summed E-state index contributed by atoms with van der Waals surface area (Å²) in [6.07, 6.45) is -4.71. The summed E-state index contributed by atoms with van der Waals surface area (Å²) >= 11 is 0. The third-order valence-corrected chi connectivity index (χ3v) is 3.21. The summed E-state index contributed by atoms with van der Waals surface area (Å²) in [5, 5.41) is 13.2. The van der Waals surface area contributed by atoms with Gasteiger partial charge in [0.15, 0.2) is 5.54 Å². The molecule has 0 aliphatic heterocycles. The number of hydrogen-bond donors (Lipinski definition) is 2. The maximum atomic E-state index is 12.8. The molecule has 0 saturated carbocycles. The average Bonchev–Trinajstić information content (AvgIpc) is 2.84. The molecule has 0 aliphatic carbocycles. The minimum absolute atomic E-state index is 0.0166. The molecule has 114 valence electrons. The van der Waals surface area contributed by atoms with E-state index in [9.17, 15) is 18.3 Å². The van der Waals surface area contributed by atoms with E-state index >= 15 is 0 Å². The van der Waals surface area contributed by atoms with E-state index in [4.69, 9.17) is 5.73 Å². The van der Waals surface area contributed by atoms with Gasteiger partial charge in [-0.2, -0.15) is 18.2 Å². The molecule has 8 heteroatoms. The molecule has 21 heavy (non-hydrogen) atoms. The van der Waals surface area contributed by atoms with Gasteiger partial charge >= 0.3 is 6.18 Å². The van der Waals surface area contributed by atoms with E-state index in [0.29, 0.717) is 16.7 Å². The number of phenolic OH excluding ortho intramolecular Hbond substituents is 1. The monoisotopic (exact) mass is 301 g/mol. The number of nitrogens with two attached hydrogens (primary N) is 1. The molecular formula is C13H14F3N3O2. The number of rotatable bonds is 2. The number of phenols is 1. The zero-order valence-electron chi connectivity index (χ0n) is 11.6. The first-order valence-corrected chi connectivity index (χ1v) is 6.04. The first-order chi connectivity index (χ1) is 9.54. The SMILES string of the molecule is Cc1cc(-c2noc(C(C)(N)C(F)(F)F)n2)cc(C)c1O. The Morgan fingerprint density at radius 2 is 1.71 bits per heavy atom. The summed E-state index contributed by atoms with van der Waals surface area (Å²) in [5.41, 5.74) is 4.06. The maximum Gasteiger partial charge on any atom is 0.415 e. The number of hydrogen-bond acceptors (Lipinski definition) is 5. The molecule has 2 aromatic rings. The van der Waals surface area contributed by atoms with Crippen molar-refractivity contribution < 1.29 is 22.8 Å². The van der Waals surface area contributed by atoms with E-state index in [1.807, 2.05) is 0 Å². The number of alkyl halides is 3. The lowest BCUT2D eigenvalue weighted by Crippen LogP contribution is -2.47. The van der Waals surface area contributed by atoms with Crippen LogP contribution in [0.15, 0.2) is 16.7 Å². The second kappa shape index (κ2) is 4.73. The van der Waals surface area contributed by atoms with Gasteiger partial charge in [-0.25, -0.2) is 0 Å². The van der Waals surface area contributed by atoms with Crippen molar-refractivity contribution in [3.63, 3.8) is 0 Å². The molecule has 0 bridgehead atoms. The summed E-state index contributed by atoms with van der Waals surface area (Å²) in [6, 6.07) is 3.11. The van der Waals surface area contributed by atoms with Crippen molar-refractivity contribution in [2.24, 2.45) is 5.73 Å². The van der Waals surface area contributed by atoms with Gasteiger partial charge in [0, 0.05) is 5.56 Å². The molecule has 0 aliphatic rings. The summed E-state index contributed by atoms with van der Waals surface area (Å²) in [5.74, 6) is -0.619. The van der Waals surface area contributed by atoms with Crippen molar-refractivity contribution in [1.82, 2.24) is 10.1 Å². The van der Waals surface area contributed by atoms with E-state index in [1.165, 1.54) is 0 Å². The average molecular weight is 301 g/mol. The van der Waals surface area contributed by atoms with Crippen LogP contribution in [0, 0.1) is 13.8 Å². The lowest BCUT2D eigenvalue weighted by Gasteiger charge is -2.22. The number of aromatic hydroxyl groups is 1. The van der Waals surface area contributed by atoms with Crippen LogP contribution >= 0.6 is 0 Å². The lowest BCUT2D eigenvalue weighted by atomic mass is 10.0. The predicted molar refractivity (Wildman–Crippen MR) is 68.5 cm³/mol. The fourth-order valence-electron chi connectivity index (χ4n) is 1.76. The first-order valence-electron chi connectivity index (χ1n) is 6.04. The fourth-order valence-corrected chi connectivity index (χ4v) is 1.76. The molecular weight excluding hydrogens is 287 g/mol. The van der Waals surface area contributed by atoms with Gasteiger partial charge in [-0.15, -0.1) is 0 Å². The molecule has 1 aromatic carbocycles. The van der Waals surface area contributed by atoms with Crippen molar-refractivity contribution in [1.29, 1.82) is 0 Å². The van der Waals surface area contributed by atoms with E-state index < -0.39 is 17.6 Å². The normalized spacial score (nSPS) is 15.0. The van der Waals surface area contributed by atoms with Crippen molar-refractivity contribution in [2.75, 3.05) is 0 Å². The minimum Gasteiger partial charge on any atom is -0.507 e. The van der Waals surface area contributed by atoms with E-state index in [0.717, 1.165) is 6.92 Å². The standard InChI is InChI=1S/C13H14F3N3O2/c1-6-4-8(5-7(2)9(6)20)10-18-11(21-19-10)12(3,17)13(14,15)16/h4-5,20H,17H2,1-3H3. The van der Waals surface area contributed by atoms with Crippen molar-refractivity contribution in [3.05, 3.63) is 29.2 Å². The third-order valence-electron chi connectivity index (χ3n) is 3.21. The molecule has 0 amide bonds. The zero-order chi connectivity index (χ0) is 16.0. The van der Waals surface area contributed by atoms with E-state index in [-0.39, 0.29) is 11.6 Å². The van der Waals surface area contributed by atoms with Crippen LogP contribution in [-0.2, 0) is 5.54 Å². The largest absolute Gasteiger partial charge is 0.507 e. The number of benzene rings is 1. The van der Waals surface area contributed by atoms with Crippen LogP contribution in [-0.4, -0.2) is 21.4 Å². The Bertz CT molecular complexity index is 655. The molecule has 0 spiro atoms. The Kier molecular flexibility index (Phi) is 3.45. The number of halogens is 3. The highest BCUT2D eigenvalue weighted by atomic mass is 19.4. The highest BCUT2D eigenvalue weighted by molar-refractivity contribution is 5.60. The van der Waals surface area contributed by atoms with Crippen molar-refractivity contribution in [2.45, 2.75) is 32.5 Å². The Morgan fingerprint density at radius 3 is 2.19 bits per heavy atom. The van der Waals surface area contributed by atoms with Crippen LogP contribution in [0.2, 0.25) is 0 Å². The van der Waals surface area contributed by atoms with E-state index in [1.54, 1.807) is 26.0 Å². The Balaban J connectivity index is 2.46. The topological polar surface area (TPSA) is 85.2 Å². The van der Waals surface area contributed by atoms with Gasteiger partial charge in [0.25, 0.3) is 5.89 Å². The molecule has 0 fully saturated rings. The molecule has 1 aromatic heterocycles. The minimum atomic E-state index is -4.71. The van der Waals surface area contributed by atoms with Crippen LogP contribution in [0.3, 0.4) is 0 Å². The van der Waals surface area contributed by atoms with Crippen LogP contribution in [0.5, 0.6) is 5.75 Å². The van der Waals surface area contributed by atoms with Crippen LogP contribution < -0.4 is 5.73 Å². The van der Waals surface area contributed by atoms with Gasteiger partial charge in [0.2, 0.25) is 5.82 Å². The zero-order valence-corrected chi connectivity index (χ0v) is 11.6. The Morgan fingerprint density at radius 1 is 1.19 bits per heavy atom. The van der Waals surface area contributed by atoms with Gasteiger partial charge in [-0.1, -0.05) is 5.16 Å². The number of aryl methyl sites for hydroxylation is 2. The Hall–Kier alpha value is -2.09. The fraction of sp³-hybridized carbons (Fsp3) is 0.385. The Labute approximate surface area is 118 Å². The third kappa shape index (κ3) is 2.58. The predicted octanol–water partition coefficient (Wildman–Crippen LogP) is 2.80. The molecule has 2 rings (SSSR count). The molecule has 5 nitrogen and oxygen atoms in total. The first kappa shape index (κ1) is 15.3. The summed E-state index contributed by atoms with van der Waals surface area (Å²) < 4.78 is 43.1. The highest BCUT2D eigenvalue weighted by Crippen LogP contribution is 2.36. The van der Waals surface area contributed by atoms with Crippen LogP contribution in [0.25, 0.3) is 11.4 Å². The van der Waals surface area contributed by atoms with Gasteiger partial charge < -0.3 is 15.4 Å². The van der Waals surface area contributed by atoms with Crippen LogP contribution in [0.4, 0.5) is 13.2 Å². The van der Waals surface area contributed by atoms with Gasteiger partial charge in [0.05, 0.1) is 0 Å². The summed E-state index contributed by atoms with van der Waals surface area (Å²) in [4.78, 5) is 3.73. The van der Waals surface area contributed by atoms with Gasteiger partial charge in [0.1, 0.15) is 5.75 Å². The molecule has 0 radical (unpaired) electrons. The highest BCUT2D eigenvalue weighted by Gasteiger charge is 2.53. The number of nitrogens with zero attached hydrogens (tertiary/aromatic N) is 2. The summed E-state index contributed by atoms with van der Waals surface area (Å²) in [7, 11) is 0. The molecule has 3 N–H and O–H groups in total. The molecule has 0 saturated heterocycles. The van der Waals surface area contributed by atoms with Crippen LogP contribution in [0.1, 0.15) is 23.9 Å². The molecule has 1 unspecified atom stereocenters. The number of aromatic nitrogens is 2. The second-order valence-electron chi connectivity index (χ2n) is 5.08. The van der Waals surface area contributed by atoms with Gasteiger partial charge in [-0.3, -0.25) is 0 Å². The second-order valence-corrected chi connectivity index (χ2v) is 5.08. The lowest BCUT2D eigenvalue weighted by molar-refractivity contribution is -0.190. The molecule has 1 atom stereocenters. The van der Waals surface area contributed by atoms with Gasteiger partial charge in [-0.05, 0) is 44.0 Å².